The largest absolute Gasteiger partial charge is 0.378 e. The summed E-state index contributed by atoms with van der Waals surface area (Å²) < 4.78 is 7.95. The van der Waals surface area contributed by atoms with Crippen molar-refractivity contribution in [2.24, 2.45) is 7.05 Å². The molecule has 2 aromatic rings. The minimum absolute atomic E-state index is 0.462. The van der Waals surface area contributed by atoms with Gasteiger partial charge in [-0.05, 0) is 35.6 Å². The molecule has 0 unspecified atom stereocenters. The van der Waals surface area contributed by atoms with Crippen LogP contribution < -0.4 is 5.32 Å². The third kappa shape index (κ3) is 3.03. The lowest BCUT2D eigenvalue weighted by Crippen LogP contribution is -2.09. The van der Waals surface area contributed by atoms with E-state index in [0.29, 0.717) is 12.4 Å². The molecule has 0 radical (unpaired) electrons. The van der Waals surface area contributed by atoms with Crippen molar-refractivity contribution in [3.05, 3.63) is 21.5 Å². The lowest BCUT2D eigenvalue weighted by molar-refractivity contribution is 0.181. The number of hydrogen-bond donors (Lipinski definition) is 1. The summed E-state index contributed by atoms with van der Waals surface area (Å²) in [5.41, 5.74) is 1.76. The highest BCUT2D eigenvalue weighted by molar-refractivity contribution is 14.1. The first kappa shape index (κ1) is 14.2. The normalized spacial score (nSPS) is 10.7. The number of ether oxygens (including phenoxy) is 1. The molecule has 2 rings (SSSR count). The number of nitrogens with one attached hydrogen (secondary N) is 1. The van der Waals surface area contributed by atoms with Crippen molar-refractivity contribution >= 4 is 28.4 Å². The second kappa shape index (κ2) is 6.29. The standard InChI is InChI=1S/C12H16IN5O/c1-4-14-12-10(13)8(7-19-3)16-11(17-12)9-5-6-15-18(9)2/h5-6H,4,7H2,1-3H3,(H,14,16,17). The quantitative estimate of drug-likeness (QED) is 0.813. The maximum atomic E-state index is 5.20. The molecule has 7 heteroatoms. The molecule has 0 saturated heterocycles. The van der Waals surface area contributed by atoms with Crippen molar-refractivity contribution in [3.8, 4) is 11.5 Å². The number of methoxy groups -OCH3 is 1. The van der Waals surface area contributed by atoms with Crippen molar-refractivity contribution in [2.45, 2.75) is 13.5 Å². The summed E-state index contributed by atoms with van der Waals surface area (Å²) in [5.74, 6) is 1.49. The molecule has 0 aliphatic heterocycles. The van der Waals surface area contributed by atoms with Crippen LogP contribution in [-0.4, -0.2) is 33.4 Å². The van der Waals surface area contributed by atoms with Gasteiger partial charge in [0, 0.05) is 26.9 Å². The molecule has 0 bridgehead atoms. The van der Waals surface area contributed by atoms with Crippen LogP contribution in [0.3, 0.4) is 0 Å². The third-order valence-corrected chi connectivity index (χ3v) is 3.73. The maximum Gasteiger partial charge on any atom is 0.180 e. The minimum atomic E-state index is 0.462. The van der Waals surface area contributed by atoms with Crippen LogP contribution in [0.15, 0.2) is 12.3 Å². The first-order chi connectivity index (χ1) is 9.17. The Morgan fingerprint density at radius 1 is 1.42 bits per heavy atom. The van der Waals surface area contributed by atoms with Crippen LogP contribution in [0.2, 0.25) is 0 Å². The Morgan fingerprint density at radius 2 is 2.21 bits per heavy atom. The molecule has 2 heterocycles. The Balaban J connectivity index is 2.52. The van der Waals surface area contributed by atoms with Crippen LogP contribution in [0, 0.1) is 3.57 Å². The smallest absolute Gasteiger partial charge is 0.180 e. The van der Waals surface area contributed by atoms with Crippen LogP contribution in [0.5, 0.6) is 0 Å². The molecular formula is C12H16IN5O. The van der Waals surface area contributed by atoms with Gasteiger partial charge in [-0.3, -0.25) is 4.68 Å². The number of halogens is 1. The lowest BCUT2D eigenvalue weighted by atomic mass is 10.3. The van der Waals surface area contributed by atoms with Gasteiger partial charge in [0.15, 0.2) is 5.82 Å². The summed E-state index contributed by atoms with van der Waals surface area (Å²) in [6.07, 6.45) is 1.74. The highest BCUT2D eigenvalue weighted by Crippen LogP contribution is 2.24. The molecule has 19 heavy (non-hydrogen) atoms. The number of nitrogens with zero attached hydrogens (tertiary/aromatic N) is 4. The predicted octanol–water partition coefficient (Wildman–Crippen LogP) is 2.06. The fourth-order valence-corrected chi connectivity index (χ4v) is 2.31. The molecule has 0 aliphatic carbocycles. The zero-order valence-corrected chi connectivity index (χ0v) is 13.3. The van der Waals surface area contributed by atoms with E-state index < -0.39 is 0 Å². The number of aromatic nitrogens is 4. The fraction of sp³-hybridized carbons (Fsp3) is 0.417. The summed E-state index contributed by atoms with van der Waals surface area (Å²) in [4.78, 5) is 9.13. The van der Waals surface area contributed by atoms with Gasteiger partial charge in [0.05, 0.1) is 15.9 Å². The fourth-order valence-electron chi connectivity index (χ4n) is 1.72. The molecule has 0 spiro atoms. The molecule has 0 atom stereocenters. The van der Waals surface area contributed by atoms with Gasteiger partial charge < -0.3 is 10.1 Å². The van der Waals surface area contributed by atoms with Gasteiger partial charge >= 0.3 is 0 Å². The number of rotatable bonds is 5. The molecule has 6 nitrogen and oxygen atoms in total. The van der Waals surface area contributed by atoms with E-state index in [1.807, 2.05) is 20.0 Å². The van der Waals surface area contributed by atoms with Gasteiger partial charge in [-0.1, -0.05) is 0 Å². The summed E-state index contributed by atoms with van der Waals surface area (Å²) in [6.45, 7) is 3.31. The Labute approximate surface area is 125 Å². The van der Waals surface area contributed by atoms with Crippen LogP contribution in [0.25, 0.3) is 11.5 Å². The van der Waals surface area contributed by atoms with Crippen molar-refractivity contribution in [1.82, 2.24) is 19.7 Å². The first-order valence-corrected chi connectivity index (χ1v) is 7.02. The second-order valence-electron chi connectivity index (χ2n) is 3.96. The van der Waals surface area contributed by atoms with Gasteiger partial charge in [-0.2, -0.15) is 5.10 Å². The van der Waals surface area contributed by atoms with E-state index in [4.69, 9.17) is 4.74 Å². The molecule has 0 fully saturated rings. The first-order valence-electron chi connectivity index (χ1n) is 5.95. The molecule has 0 saturated carbocycles. The van der Waals surface area contributed by atoms with E-state index in [-0.39, 0.29) is 0 Å². The Bertz CT molecular complexity index is 542. The molecule has 2 aromatic heterocycles. The van der Waals surface area contributed by atoms with Gasteiger partial charge in [0.2, 0.25) is 0 Å². The maximum absolute atomic E-state index is 5.20. The van der Waals surface area contributed by atoms with E-state index in [1.54, 1.807) is 18.0 Å². The molecular weight excluding hydrogens is 357 g/mol. The van der Waals surface area contributed by atoms with Crippen LogP contribution >= 0.6 is 22.6 Å². The minimum Gasteiger partial charge on any atom is -0.378 e. The average Bonchev–Trinajstić information content (AvgIpc) is 2.81. The van der Waals surface area contributed by atoms with Crippen molar-refractivity contribution in [3.63, 3.8) is 0 Å². The monoisotopic (exact) mass is 373 g/mol. The lowest BCUT2D eigenvalue weighted by Gasteiger charge is -2.11. The third-order valence-electron chi connectivity index (χ3n) is 2.60. The van der Waals surface area contributed by atoms with Crippen LogP contribution in [0.1, 0.15) is 12.6 Å². The van der Waals surface area contributed by atoms with Crippen molar-refractivity contribution < 1.29 is 4.74 Å². The Morgan fingerprint density at radius 3 is 2.79 bits per heavy atom. The molecule has 102 valence electrons. The molecule has 0 aromatic carbocycles. The van der Waals surface area contributed by atoms with E-state index in [0.717, 1.165) is 27.3 Å². The summed E-state index contributed by atoms with van der Waals surface area (Å²) >= 11 is 2.24. The SMILES string of the molecule is CCNc1nc(-c2ccnn2C)nc(COC)c1I. The van der Waals surface area contributed by atoms with E-state index in [1.165, 1.54) is 0 Å². The molecule has 1 N–H and O–H groups in total. The van der Waals surface area contributed by atoms with Crippen LogP contribution in [0.4, 0.5) is 5.82 Å². The van der Waals surface area contributed by atoms with Gasteiger partial charge in [-0.25, -0.2) is 9.97 Å². The van der Waals surface area contributed by atoms with Gasteiger partial charge in [-0.15, -0.1) is 0 Å². The van der Waals surface area contributed by atoms with E-state index >= 15 is 0 Å². The van der Waals surface area contributed by atoms with Gasteiger partial charge in [0.1, 0.15) is 11.5 Å². The summed E-state index contributed by atoms with van der Waals surface area (Å²) in [7, 11) is 3.54. The van der Waals surface area contributed by atoms with E-state index in [2.05, 4.69) is 43.0 Å². The number of aryl methyl sites for hydroxylation is 1. The highest BCUT2D eigenvalue weighted by atomic mass is 127. The number of anilines is 1. The van der Waals surface area contributed by atoms with Gasteiger partial charge in [0.25, 0.3) is 0 Å². The van der Waals surface area contributed by atoms with Crippen molar-refractivity contribution in [1.29, 1.82) is 0 Å². The number of hydrogen-bond acceptors (Lipinski definition) is 5. The molecule has 0 amide bonds. The Kier molecular flexibility index (Phi) is 4.70. The van der Waals surface area contributed by atoms with Crippen molar-refractivity contribution in [2.75, 3.05) is 19.0 Å². The summed E-state index contributed by atoms with van der Waals surface area (Å²) in [6, 6.07) is 1.90. The summed E-state index contributed by atoms with van der Waals surface area (Å²) in [5, 5.41) is 7.40. The average molecular weight is 373 g/mol. The zero-order valence-electron chi connectivity index (χ0n) is 11.1. The highest BCUT2D eigenvalue weighted by Gasteiger charge is 2.14. The Hall–Kier alpha value is -1.22. The second-order valence-corrected chi connectivity index (χ2v) is 5.04. The van der Waals surface area contributed by atoms with Crippen LogP contribution in [-0.2, 0) is 18.4 Å². The zero-order chi connectivity index (χ0) is 13.8. The van der Waals surface area contributed by atoms with E-state index in [9.17, 15) is 0 Å². The predicted molar refractivity (Wildman–Crippen MR) is 81.8 cm³/mol. The molecule has 0 aliphatic rings. The topological polar surface area (TPSA) is 64.9 Å².